The molecule has 0 spiro atoms. The van der Waals surface area contributed by atoms with Crippen molar-refractivity contribution >= 4 is 40.4 Å². The number of nitrogens with one attached hydrogen (secondary N) is 1. The van der Waals surface area contributed by atoms with Crippen molar-refractivity contribution in [1.82, 2.24) is 5.43 Å². The van der Waals surface area contributed by atoms with Gasteiger partial charge in [0.1, 0.15) is 11.5 Å². The van der Waals surface area contributed by atoms with E-state index in [1.165, 1.54) is 12.3 Å². The number of nitro groups is 1. The van der Waals surface area contributed by atoms with Crippen LogP contribution in [0.2, 0.25) is 0 Å². The Balaban J connectivity index is 1.74. The van der Waals surface area contributed by atoms with Crippen LogP contribution in [-0.4, -0.2) is 17.0 Å². The van der Waals surface area contributed by atoms with Crippen LogP contribution in [0.4, 0.5) is 5.69 Å². The van der Waals surface area contributed by atoms with Gasteiger partial charge in [0.25, 0.3) is 11.6 Å². The van der Waals surface area contributed by atoms with E-state index in [2.05, 4.69) is 33.1 Å². The monoisotopic (exact) mass is 475 g/mol. The van der Waals surface area contributed by atoms with E-state index in [1.807, 2.05) is 6.07 Å². The molecule has 1 amide bonds. The fraction of sp³-hybridized carbons (Fsp3) is 0.0526. The van der Waals surface area contributed by atoms with Crippen molar-refractivity contribution in [2.45, 2.75) is 6.92 Å². The molecule has 0 aliphatic carbocycles. The number of carbonyl (C=O) groups excluding carboxylic acids is 1. The number of benzene rings is 2. The molecule has 7 nitrogen and oxygen atoms in total. The van der Waals surface area contributed by atoms with Crippen molar-refractivity contribution in [3.63, 3.8) is 0 Å². The van der Waals surface area contributed by atoms with E-state index in [1.54, 1.807) is 49.4 Å². The van der Waals surface area contributed by atoms with Gasteiger partial charge in [0, 0.05) is 15.2 Å². The van der Waals surface area contributed by atoms with Crippen LogP contribution in [0.5, 0.6) is 0 Å². The Morgan fingerprint density at radius 3 is 2.78 bits per heavy atom. The Bertz CT molecular complexity index is 1040. The smallest absolute Gasteiger partial charge is 0.280 e. The summed E-state index contributed by atoms with van der Waals surface area (Å²) < 4.78 is 6.54. The lowest BCUT2D eigenvalue weighted by Crippen LogP contribution is -2.17. The highest BCUT2D eigenvalue weighted by Gasteiger charge is 2.18. The van der Waals surface area contributed by atoms with E-state index in [4.69, 9.17) is 4.42 Å². The Labute approximate surface area is 168 Å². The molecule has 3 aromatic rings. The lowest BCUT2D eigenvalue weighted by Gasteiger charge is -2.01. The molecular formula is C19H14IN3O4. The van der Waals surface area contributed by atoms with Gasteiger partial charge in [-0.25, -0.2) is 5.43 Å². The van der Waals surface area contributed by atoms with E-state index < -0.39 is 4.92 Å². The number of halogens is 1. The average molecular weight is 475 g/mol. The molecule has 1 aromatic heterocycles. The van der Waals surface area contributed by atoms with E-state index in [9.17, 15) is 14.9 Å². The van der Waals surface area contributed by atoms with Crippen LogP contribution in [0, 0.1) is 20.6 Å². The Morgan fingerprint density at radius 2 is 2.04 bits per heavy atom. The first kappa shape index (κ1) is 18.8. The summed E-state index contributed by atoms with van der Waals surface area (Å²) in [6, 6.07) is 15.3. The SMILES string of the molecule is Cc1ccc(-c2ccc(/C=N\NC(=O)c3cccc(I)c3)o2)c([N+](=O)[O-])c1. The number of nitro benzene ring substituents is 1. The van der Waals surface area contributed by atoms with Crippen LogP contribution in [0.25, 0.3) is 11.3 Å². The minimum absolute atomic E-state index is 0.0279. The minimum Gasteiger partial charge on any atom is -0.455 e. The van der Waals surface area contributed by atoms with Crippen molar-refractivity contribution in [2.24, 2.45) is 5.10 Å². The Hall–Kier alpha value is -3.01. The normalized spacial score (nSPS) is 10.9. The summed E-state index contributed by atoms with van der Waals surface area (Å²) in [5.74, 6) is 0.376. The standard InChI is InChI=1S/C19H14IN3O4/c1-12-5-7-16(17(9-12)23(25)26)18-8-6-15(27-18)11-21-22-19(24)13-3-2-4-14(20)10-13/h2-11H,1H3,(H,22,24)/b21-11-. The van der Waals surface area contributed by atoms with Crippen LogP contribution < -0.4 is 5.43 Å². The summed E-state index contributed by atoms with van der Waals surface area (Å²) in [7, 11) is 0. The van der Waals surface area contributed by atoms with Crippen molar-refractivity contribution in [2.75, 3.05) is 0 Å². The van der Waals surface area contributed by atoms with Crippen molar-refractivity contribution < 1.29 is 14.1 Å². The quantitative estimate of drug-likeness (QED) is 0.254. The zero-order chi connectivity index (χ0) is 19.4. The molecule has 1 N–H and O–H groups in total. The fourth-order valence-corrected chi connectivity index (χ4v) is 2.96. The Kier molecular flexibility index (Phi) is 5.65. The molecule has 2 aromatic carbocycles. The predicted octanol–water partition coefficient (Wildman–Crippen LogP) is 4.53. The number of nitrogens with zero attached hydrogens (tertiary/aromatic N) is 2. The number of hydrazone groups is 1. The van der Waals surface area contributed by atoms with Gasteiger partial charge in [-0.1, -0.05) is 12.1 Å². The van der Waals surface area contributed by atoms with Crippen molar-refractivity contribution in [3.8, 4) is 11.3 Å². The molecule has 27 heavy (non-hydrogen) atoms. The van der Waals surface area contributed by atoms with Gasteiger partial charge in [-0.3, -0.25) is 14.9 Å². The third-order valence-electron chi connectivity index (χ3n) is 3.69. The van der Waals surface area contributed by atoms with Crippen molar-refractivity contribution in [3.05, 3.63) is 85.2 Å². The molecule has 0 atom stereocenters. The van der Waals surface area contributed by atoms with Gasteiger partial charge < -0.3 is 4.42 Å². The average Bonchev–Trinajstić information content (AvgIpc) is 3.10. The molecule has 0 bridgehead atoms. The van der Waals surface area contributed by atoms with Crippen LogP contribution in [0.15, 0.2) is 64.1 Å². The molecule has 0 radical (unpaired) electrons. The molecule has 136 valence electrons. The number of amides is 1. The number of hydrogen-bond donors (Lipinski definition) is 1. The third-order valence-corrected chi connectivity index (χ3v) is 4.36. The first-order valence-corrected chi connectivity index (χ1v) is 8.96. The molecule has 3 rings (SSSR count). The largest absolute Gasteiger partial charge is 0.455 e. The number of rotatable bonds is 5. The van der Waals surface area contributed by atoms with E-state index in [0.717, 1.165) is 9.13 Å². The third kappa shape index (κ3) is 4.59. The van der Waals surface area contributed by atoms with Gasteiger partial charge in [-0.05, 0) is 71.5 Å². The fourth-order valence-electron chi connectivity index (χ4n) is 2.42. The van der Waals surface area contributed by atoms with Gasteiger partial charge in [0.15, 0.2) is 0 Å². The summed E-state index contributed by atoms with van der Waals surface area (Å²) in [5, 5.41) is 15.1. The summed E-state index contributed by atoms with van der Waals surface area (Å²) in [6.07, 6.45) is 1.34. The van der Waals surface area contributed by atoms with E-state index in [-0.39, 0.29) is 11.6 Å². The van der Waals surface area contributed by atoms with Gasteiger partial charge in [-0.15, -0.1) is 0 Å². The second-order valence-corrected chi connectivity index (χ2v) is 6.93. The molecular weight excluding hydrogens is 461 g/mol. The van der Waals surface area contributed by atoms with E-state index >= 15 is 0 Å². The molecule has 0 aliphatic rings. The lowest BCUT2D eigenvalue weighted by molar-refractivity contribution is -0.384. The van der Waals surface area contributed by atoms with Crippen LogP contribution >= 0.6 is 22.6 Å². The predicted molar refractivity (Wildman–Crippen MR) is 110 cm³/mol. The first-order valence-electron chi connectivity index (χ1n) is 7.88. The number of hydrogen-bond acceptors (Lipinski definition) is 5. The second-order valence-electron chi connectivity index (χ2n) is 5.69. The summed E-state index contributed by atoms with van der Waals surface area (Å²) >= 11 is 2.12. The maximum absolute atomic E-state index is 12.0. The highest BCUT2D eigenvalue weighted by atomic mass is 127. The van der Waals surface area contributed by atoms with Crippen LogP contribution in [-0.2, 0) is 0 Å². The highest BCUT2D eigenvalue weighted by molar-refractivity contribution is 14.1. The van der Waals surface area contributed by atoms with Gasteiger partial charge in [-0.2, -0.15) is 5.10 Å². The molecule has 0 fully saturated rings. The summed E-state index contributed by atoms with van der Waals surface area (Å²) in [4.78, 5) is 22.8. The van der Waals surface area contributed by atoms with Crippen LogP contribution in [0.1, 0.15) is 21.7 Å². The maximum Gasteiger partial charge on any atom is 0.280 e. The number of aryl methyl sites for hydroxylation is 1. The first-order chi connectivity index (χ1) is 12.9. The zero-order valence-electron chi connectivity index (χ0n) is 14.2. The second kappa shape index (κ2) is 8.12. The topological polar surface area (TPSA) is 97.7 Å². The number of carbonyl (C=O) groups is 1. The lowest BCUT2D eigenvalue weighted by atomic mass is 10.1. The molecule has 0 unspecified atom stereocenters. The summed E-state index contributed by atoms with van der Waals surface area (Å²) in [6.45, 7) is 1.79. The molecule has 0 saturated heterocycles. The highest BCUT2D eigenvalue weighted by Crippen LogP contribution is 2.31. The Morgan fingerprint density at radius 1 is 1.22 bits per heavy atom. The summed E-state index contributed by atoms with van der Waals surface area (Å²) in [5.41, 5.74) is 4.06. The van der Waals surface area contributed by atoms with Gasteiger partial charge >= 0.3 is 0 Å². The molecule has 8 heteroatoms. The molecule has 0 aliphatic heterocycles. The van der Waals surface area contributed by atoms with Gasteiger partial charge in [0.2, 0.25) is 0 Å². The van der Waals surface area contributed by atoms with Crippen molar-refractivity contribution in [1.29, 1.82) is 0 Å². The number of furan rings is 1. The van der Waals surface area contributed by atoms with E-state index in [0.29, 0.717) is 22.6 Å². The molecule has 0 saturated carbocycles. The maximum atomic E-state index is 12.0. The van der Waals surface area contributed by atoms with Gasteiger partial charge in [0.05, 0.1) is 16.7 Å². The van der Waals surface area contributed by atoms with Crippen LogP contribution in [0.3, 0.4) is 0 Å². The minimum atomic E-state index is -0.444. The molecule has 1 heterocycles. The zero-order valence-corrected chi connectivity index (χ0v) is 16.3.